The van der Waals surface area contributed by atoms with Crippen molar-refractivity contribution < 1.29 is 14.7 Å². The maximum Gasteiger partial charge on any atom is 0.355 e. The minimum absolute atomic E-state index is 0.0592. The van der Waals surface area contributed by atoms with Crippen molar-refractivity contribution in [2.24, 2.45) is 0 Å². The number of nitrogens with one attached hydrogen (secondary N) is 1. The Morgan fingerprint density at radius 3 is 2.95 bits per heavy atom. The summed E-state index contributed by atoms with van der Waals surface area (Å²) in [6.07, 6.45) is 4.73. The Kier molecular flexibility index (Phi) is 3.74. The van der Waals surface area contributed by atoms with Crippen molar-refractivity contribution in [1.82, 2.24) is 14.9 Å². The number of thiazole rings is 1. The standard InChI is InChI=1S/C14H15N3O3S/c18-13(11-2-1-7-17(11)9-3-4-9)15-6-5-12-16-10(8-21-12)14(19)20/h1-2,7-9H,3-6H2,(H,15,18)(H,19,20). The van der Waals surface area contributed by atoms with Crippen LogP contribution in [0, 0.1) is 0 Å². The first-order valence-electron chi connectivity index (χ1n) is 6.78. The van der Waals surface area contributed by atoms with Crippen molar-refractivity contribution >= 4 is 23.2 Å². The van der Waals surface area contributed by atoms with Gasteiger partial charge in [-0.25, -0.2) is 9.78 Å². The van der Waals surface area contributed by atoms with Gasteiger partial charge < -0.3 is 15.0 Å². The van der Waals surface area contributed by atoms with Crippen LogP contribution in [0.2, 0.25) is 0 Å². The van der Waals surface area contributed by atoms with Crippen molar-refractivity contribution in [3.05, 3.63) is 40.1 Å². The fraction of sp³-hybridized carbons (Fsp3) is 0.357. The molecule has 1 saturated carbocycles. The molecular formula is C14H15N3O3S. The molecule has 0 spiro atoms. The lowest BCUT2D eigenvalue weighted by atomic mass is 10.3. The first kappa shape index (κ1) is 13.8. The molecule has 0 atom stereocenters. The van der Waals surface area contributed by atoms with Crippen LogP contribution >= 0.6 is 11.3 Å². The number of carboxylic acids is 1. The fourth-order valence-corrected chi connectivity index (χ4v) is 2.93. The van der Waals surface area contributed by atoms with Gasteiger partial charge in [-0.05, 0) is 25.0 Å². The van der Waals surface area contributed by atoms with Gasteiger partial charge in [-0.15, -0.1) is 11.3 Å². The molecule has 0 aromatic carbocycles. The maximum absolute atomic E-state index is 12.1. The highest BCUT2D eigenvalue weighted by molar-refractivity contribution is 7.09. The maximum atomic E-state index is 12.1. The second-order valence-corrected chi connectivity index (χ2v) is 5.91. The molecule has 0 radical (unpaired) electrons. The smallest absolute Gasteiger partial charge is 0.355 e. The predicted octanol–water partition coefficient (Wildman–Crippen LogP) is 1.95. The first-order chi connectivity index (χ1) is 10.1. The molecule has 2 aromatic heterocycles. The molecule has 2 aromatic rings. The highest BCUT2D eigenvalue weighted by Crippen LogP contribution is 2.35. The lowest BCUT2D eigenvalue weighted by molar-refractivity contribution is 0.0690. The van der Waals surface area contributed by atoms with Gasteiger partial charge in [-0.3, -0.25) is 4.79 Å². The van der Waals surface area contributed by atoms with E-state index in [2.05, 4.69) is 10.3 Å². The number of nitrogens with zero attached hydrogens (tertiary/aromatic N) is 2. The van der Waals surface area contributed by atoms with Crippen LogP contribution in [0.25, 0.3) is 0 Å². The third kappa shape index (κ3) is 3.13. The number of carbonyl (C=O) groups is 2. The number of hydrogen-bond acceptors (Lipinski definition) is 4. The lowest BCUT2D eigenvalue weighted by Gasteiger charge is -2.08. The van der Waals surface area contributed by atoms with Crippen LogP contribution in [0.1, 0.15) is 44.9 Å². The minimum Gasteiger partial charge on any atom is -0.476 e. The van der Waals surface area contributed by atoms with Crippen LogP contribution in [0.4, 0.5) is 0 Å². The Morgan fingerprint density at radius 2 is 2.29 bits per heavy atom. The van der Waals surface area contributed by atoms with Gasteiger partial charge in [0.15, 0.2) is 5.69 Å². The molecule has 0 saturated heterocycles. The fourth-order valence-electron chi connectivity index (χ4n) is 2.15. The molecule has 2 N–H and O–H groups in total. The van der Waals surface area contributed by atoms with E-state index in [4.69, 9.17) is 5.11 Å². The van der Waals surface area contributed by atoms with Crippen LogP contribution in [-0.4, -0.2) is 33.1 Å². The molecule has 1 aliphatic carbocycles. The SMILES string of the molecule is O=C(O)c1csc(CCNC(=O)c2cccn2C2CC2)n1. The Labute approximate surface area is 125 Å². The second-order valence-electron chi connectivity index (χ2n) is 4.97. The summed E-state index contributed by atoms with van der Waals surface area (Å²) in [5, 5.41) is 13.9. The van der Waals surface area contributed by atoms with Gasteiger partial charge in [0.05, 0.1) is 5.01 Å². The van der Waals surface area contributed by atoms with Gasteiger partial charge in [0.25, 0.3) is 5.91 Å². The largest absolute Gasteiger partial charge is 0.476 e. The van der Waals surface area contributed by atoms with Crippen molar-refractivity contribution in [3.8, 4) is 0 Å². The number of hydrogen-bond donors (Lipinski definition) is 2. The average molecular weight is 305 g/mol. The molecule has 1 amide bonds. The Morgan fingerprint density at radius 1 is 1.48 bits per heavy atom. The van der Waals surface area contributed by atoms with Gasteiger partial charge in [0, 0.05) is 30.6 Å². The summed E-state index contributed by atoms with van der Waals surface area (Å²) < 4.78 is 2.02. The molecule has 21 heavy (non-hydrogen) atoms. The minimum atomic E-state index is -1.02. The molecule has 6 nitrogen and oxygen atoms in total. The van der Waals surface area contributed by atoms with Gasteiger partial charge in [-0.2, -0.15) is 0 Å². The number of aromatic carboxylic acids is 1. The van der Waals surface area contributed by atoms with E-state index in [0.717, 1.165) is 12.8 Å². The summed E-state index contributed by atoms with van der Waals surface area (Å²) in [7, 11) is 0. The van der Waals surface area contributed by atoms with E-state index >= 15 is 0 Å². The van der Waals surface area contributed by atoms with Crippen LogP contribution in [0.5, 0.6) is 0 Å². The summed E-state index contributed by atoms with van der Waals surface area (Å²) in [5.74, 6) is -1.12. The second kappa shape index (κ2) is 5.69. The zero-order valence-corrected chi connectivity index (χ0v) is 12.1. The third-order valence-corrected chi connectivity index (χ3v) is 4.26. The summed E-state index contributed by atoms with van der Waals surface area (Å²) in [6, 6.07) is 4.17. The molecule has 0 unspecified atom stereocenters. The zero-order chi connectivity index (χ0) is 14.8. The normalized spacial score (nSPS) is 14.1. The Hall–Kier alpha value is -2.15. The van der Waals surface area contributed by atoms with E-state index in [0.29, 0.717) is 29.7 Å². The molecule has 1 aliphatic rings. The van der Waals surface area contributed by atoms with Gasteiger partial charge in [-0.1, -0.05) is 0 Å². The highest BCUT2D eigenvalue weighted by Gasteiger charge is 2.26. The number of carbonyl (C=O) groups excluding carboxylic acids is 1. The van der Waals surface area contributed by atoms with E-state index in [9.17, 15) is 9.59 Å². The number of amides is 1. The van der Waals surface area contributed by atoms with E-state index in [1.54, 1.807) is 0 Å². The quantitative estimate of drug-likeness (QED) is 0.854. The van der Waals surface area contributed by atoms with Gasteiger partial charge >= 0.3 is 5.97 Å². The Balaban J connectivity index is 1.53. The summed E-state index contributed by atoms with van der Waals surface area (Å²) in [4.78, 5) is 26.8. The van der Waals surface area contributed by atoms with Crippen LogP contribution in [0.15, 0.2) is 23.7 Å². The third-order valence-electron chi connectivity index (χ3n) is 3.35. The van der Waals surface area contributed by atoms with Gasteiger partial charge in [0.1, 0.15) is 5.69 Å². The van der Waals surface area contributed by atoms with E-state index in [1.807, 2.05) is 22.9 Å². The average Bonchev–Trinajstić information content (AvgIpc) is 3.01. The first-order valence-corrected chi connectivity index (χ1v) is 7.66. The predicted molar refractivity (Wildman–Crippen MR) is 77.8 cm³/mol. The number of aromatic nitrogens is 2. The van der Waals surface area contributed by atoms with E-state index in [1.165, 1.54) is 16.7 Å². The number of carboxylic acid groups (broad SMARTS) is 1. The summed E-state index contributed by atoms with van der Waals surface area (Å²) >= 11 is 1.30. The van der Waals surface area contributed by atoms with Crippen molar-refractivity contribution in [1.29, 1.82) is 0 Å². The van der Waals surface area contributed by atoms with Crippen LogP contribution in [-0.2, 0) is 6.42 Å². The Bertz CT molecular complexity index is 673. The monoisotopic (exact) mass is 305 g/mol. The highest BCUT2D eigenvalue weighted by atomic mass is 32.1. The molecule has 3 rings (SSSR count). The number of rotatable bonds is 6. The van der Waals surface area contributed by atoms with Gasteiger partial charge in [0.2, 0.25) is 0 Å². The summed E-state index contributed by atoms with van der Waals surface area (Å²) in [5.41, 5.74) is 0.742. The van der Waals surface area contributed by atoms with E-state index < -0.39 is 5.97 Å². The molecule has 7 heteroatoms. The van der Waals surface area contributed by atoms with Crippen LogP contribution < -0.4 is 5.32 Å². The van der Waals surface area contributed by atoms with Crippen molar-refractivity contribution in [2.75, 3.05) is 6.54 Å². The molecule has 0 bridgehead atoms. The van der Waals surface area contributed by atoms with Crippen molar-refractivity contribution in [2.45, 2.75) is 25.3 Å². The van der Waals surface area contributed by atoms with E-state index in [-0.39, 0.29) is 11.6 Å². The zero-order valence-electron chi connectivity index (χ0n) is 11.3. The molecule has 2 heterocycles. The molecule has 110 valence electrons. The lowest BCUT2D eigenvalue weighted by Crippen LogP contribution is -2.27. The molecule has 0 aliphatic heterocycles. The topological polar surface area (TPSA) is 84.2 Å². The molecular weight excluding hydrogens is 290 g/mol. The summed E-state index contributed by atoms with van der Waals surface area (Å²) in [6.45, 7) is 0.446. The van der Waals surface area contributed by atoms with Crippen molar-refractivity contribution in [3.63, 3.8) is 0 Å². The molecule has 1 fully saturated rings. The van der Waals surface area contributed by atoms with Crippen LogP contribution in [0.3, 0.4) is 0 Å².